The standard InChI is InChI=1S/C12H19N3OS/c13-12(16)9-15(8-11-2-1-7-17-11)10-3-5-14-6-4-10/h1-2,7,10,14H,3-6,8-9H2,(H2,13,16). The lowest BCUT2D eigenvalue weighted by atomic mass is 10.0. The molecule has 0 bridgehead atoms. The summed E-state index contributed by atoms with van der Waals surface area (Å²) in [6, 6.07) is 4.63. The zero-order valence-electron chi connectivity index (χ0n) is 9.89. The van der Waals surface area contributed by atoms with Crippen molar-refractivity contribution in [3.8, 4) is 0 Å². The van der Waals surface area contributed by atoms with Gasteiger partial charge in [0, 0.05) is 17.5 Å². The van der Waals surface area contributed by atoms with Gasteiger partial charge in [-0.1, -0.05) is 6.07 Å². The first kappa shape index (κ1) is 12.5. The molecule has 1 aromatic heterocycles. The number of piperidine rings is 1. The van der Waals surface area contributed by atoms with Crippen LogP contribution >= 0.6 is 11.3 Å². The van der Waals surface area contributed by atoms with Crippen molar-refractivity contribution in [2.75, 3.05) is 19.6 Å². The minimum atomic E-state index is -0.236. The van der Waals surface area contributed by atoms with Gasteiger partial charge in [0.25, 0.3) is 0 Å². The molecular weight excluding hydrogens is 234 g/mol. The van der Waals surface area contributed by atoms with E-state index in [-0.39, 0.29) is 5.91 Å². The highest BCUT2D eigenvalue weighted by Crippen LogP contribution is 2.18. The van der Waals surface area contributed by atoms with Gasteiger partial charge in [-0.3, -0.25) is 9.69 Å². The summed E-state index contributed by atoms with van der Waals surface area (Å²) in [5.74, 6) is -0.236. The summed E-state index contributed by atoms with van der Waals surface area (Å²) in [5, 5.41) is 5.41. The third kappa shape index (κ3) is 3.80. The number of primary amides is 1. The highest BCUT2D eigenvalue weighted by molar-refractivity contribution is 7.09. The molecule has 2 heterocycles. The van der Waals surface area contributed by atoms with Gasteiger partial charge < -0.3 is 11.1 Å². The highest BCUT2D eigenvalue weighted by atomic mass is 32.1. The van der Waals surface area contributed by atoms with Crippen molar-refractivity contribution >= 4 is 17.2 Å². The average Bonchev–Trinajstić information content (AvgIpc) is 2.82. The lowest BCUT2D eigenvalue weighted by molar-refractivity contribution is -0.120. The van der Waals surface area contributed by atoms with Crippen LogP contribution in [0.25, 0.3) is 0 Å². The predicted molar refractivity (Wildman–Crippen MR) is 69.8 cm³/mol. The first-order valence-electron chi connectivity index (χ1n) is 6.01. The highest BCUT2D eigenvalue weighted by Gasteiger charge is 2.22. The van der Waals surface area contributed by atoms with Crippen LogP contribution in [0.5, 0.6) is 0 Å². The third-order valence-electron chi connectivity index (χ3n) is 3.12. The Morgan fingerprint density at radius 2 is 2.29 bits per heavy atom. The number of amides is 1. The molecule has 0 saturated carbocycles. The van der Waals surface area contributed by atoms with Gasteiger partial charge in [-0.05, 0) is 37.4 Å². The average molecular weight is 253 g/mol. The normalized spacial score (nSPS) is 17.5. The van der Waals surface area contributed by atoms with Crippen LogP contribution in [0.1, 0.15) is 17.7 Å². The SMILES string of the molecule is NC(=O)CN(Cc1cccs1)C1CCNCC1. The summed E-state index contributed by atoms with van der Waals surface area (Å²) in [5.41, 5.74) is 5.34. The maximum absolute atomic E-state index is 11.1. The molecule has 3 N–H and O–H groups in total. The van der Waals surface area contributed by atoms with Gasteiger partial charge in [0.1, 0.15) is 0 Å². The number of carbonyl (C=O) groups excluding carboxylic acids is 1. The fourth-order valence-electron chi connectivity index (χ4n) is 2.29. The second-order valence-corrected chi connectivity index (χ2v) is 5.46. The maximum atomic E-state index is 11.1. The second kappa shape index (κ2) is 6.14. The molecule has 17 heavy (non-hydrogen) atoms. The molecule has 0 aromatic carbocycles. The van der Waals surface area contributed by atoms with Gasteiger partial charge in [0.2, 0.25) is 5.91 Å². The van der Waals surface area contributed by atoms with E-state index < -0.39 is 0 Å². The molecule has 0 unspecified atom stereocenters. The molecule has 1 amide bonds. The number of hydrogen-bond donors (Lipinski definition) is 2. The van der Waals surface area contributed by atoms with Gasteiger partial charge in [-0.2, -0.15) is 0 Å². The molecule has 1 aliphatic rings. The van der Waals surface area contributed by atoms with E-state index in [1.165, 1.54) is 4.88 Å². The van der Waals surface area contributed by atoms with Crippen LogP contribution in [0.2, 0.25) is 0 Å². The number of nitrogens with two attached hydrogens (primary N) is 1. The molecule has 1 aromatic rings. The molecular formula is C12H19N3OS. The van der Waals surface area contributed by atoms with E-state index in [9.17, 15) is 4.79 Å². The van der Waals surface area contributed by atoms with Crippen molar-refractivity contribution < 1.29 is 4.79 Å². The lowest BCUT2D eigenvalue weighted by Crippen LogP contribution is -2.45. The van der Waals surface area contributed by atoms with Gasteiger partial charge in [-0.15, -0.1) is 11.3 Å². The van der Waals surface area contributed by atoms with E-state index in [0.717, 1.165) is 32.5 Å². The molecule has 1 saturated heterocycles. The smallest absolute Gasteiger partial charge is 0.231 e. The van der Waals surface area contributed by atoms with Crippen molar-refractivity contribution in [2.24, 2.45) is 5.73 Å². The van der Waals surface area contributed by atoms with E-state index >= 15 is 0 Å². The van der Waals surface area contributed by atoms with Gasteiger partial charge in [0.05, 0.1) is 6.54 Å². The summed E-state index contributed by atoms with van der Waals surface area (Å²) >= 11 is 1.73. The lowest BCUT2D eigenvalue weighted by Gasteiger charge is -2.33. The first-order valence-corrected chi connectivity index (χ1v) is 6.89. The minimum absolute atomic E-state index is 0.236. The predicted octanol–water partition coefficient (Wildman–Crippen LogP) is 0.787. The van der Waals surface area contributed by atoms with Crippen LogP contribution in [0.4, 0.5) is 0 Å². The Balaban J connectivity index is 1.98. The summed E-state index contributed by atoms with van der Waals surface area (Å²) in [6.45, 7) is 3.27. The molecule has 0 aliphatic carbocycles. The molecule has 2 rings (SSSR count). The molecule has 5 heteroatoms. The Kier molecular flexibility index (Phi) is 4.53. The largest absolute Gasteiger partial charge is 0.369 e. The fourth-order valence-corrected chi connectivity index (χ4v) is 3.02. The van der Waals surface area contributed by atoms with Crippen molar-refractivity contribution in [1.29, 1.82) is 0 Å². The number of nitrogens with zero attached hydrogens (tertiary/aromatic N) is 1. The number of carbonyl (C=O) groups is 1. The van der Waals surface area contributed by atoms with Crippen molar-refractivity contribution in [3.05, 3.63) is 22.4 Å². The van der Waals surface area contributed by atoms with E-state index in [2.05, 4.69) is 21.7 Å². The number of thiophene rings is 1. The topological polar surface area (TPSA) is 58.4 Å². The zero-order chi connectivity index (χ0) is 12.1. The molecule has 0 radical (unpaired) electrons. The Bertz CT molecular complexity index is 347. The third-order valence-corrected chi connectivity index (χ3v) is 3.98. The van der Waals surface area contributed by atoms with Crippen molar-refractivity contribution in [1.82, 2.24) is 10.2 Å². The van der Waals surface area contributed by atoms with E-state index in [1.54, 1.807) is 11.3 Å². The summed E-state index contributed by atoms with van der Waals surface area (Å²) in [7, 11) is 0. The first-order chi connectivity index (χ1) is 8.25. The Morgan fingerprint density at radius 3 is 2.88 bits per heavy atom. The van der Waals surface area contributed by atoms with Crippen LogP contribution in [0, 0.1) is 0 Å². The molecule has 4 nitrogen and oxygen atoms in total. The number of hydrogen-bond acceptors (Lipinski definition) is 4. The Morgan fingerprint density at radius 1 is 1.53 bits per heavy atom. The van der Waals surface area contributed by atoms with E-state index in [4.69, 9.17) is 5.73 Å². The van der Waals surface area contributed by atoms with Crippen LogP contribution in [-0.2, 0) is 11.3 Å². The summed E-state index contributed by atoms with van der Waals surface area (Å²) < 4.78 is 0. The quantitative estimate of drug-likeness (QED) is 0.815. The monoisotopic (exact) mass is 253 g/mol. The molecule has 0 spiro atoms. The van der Waals surface area contributed by atoms with Crippen molar-refractivity contribution in [2.45, 2.75) is 25.4 Å². The van der Waals surface area contributed by atoms with Crippen LogP contribution < -0.4 is 11.1 Å². The summed E-state index contributed by atoms with van der Waals surface area (Å²) in [6.07, 6.45) is 2.19. The molecule has 0 atom stereocenters. The maximum Gasteiger partial charge on any atom is 0.231 e. The molecule has 1 aliphatic heterocycles. The van der Waals surface area contributed by atoms with Gasteiger partial charge in [-0.25, -0.2) is 0 Å². The van der Waals surface area contributed by atoms with Crippen LogP contribution in [-0.4, -0.2) is 36.5 Å². The van der Waals surface area contributed by atoms with Crippen LogP contribution in [0.15, 0.2) is 17.5 Å². The van der Waals surface area contributed by atoms with Gasteiger partial charge in [0.15, 0.2) is 0 Å². The van der Waals surface area contributed by atoms with Gasteiger partial charge >= 0.3 is 0 Å². The fraction of sp³-hybridized carbons (Fsp3) is 0.583. The van der Waals surface area contributed by atoms with E-state index in [1.807, 2.05) is 6.07 Å². The second-order valence-electron chi connectivity index (χ2n) is 4.43. The number of nitrogens with one attached hydrogen (secondary N) is 1. The minimum Gasteiger partial charge on any atom is -0.369 e. The van der Waals surface area contributed by atoms with Crippen LogP contribution in [0.3, 0.4) is 0 Å². The summed E-state index contributed by atoms with van der Waals surface area (Å²) in [4.78, 5) is 14.7. The zero-order valence-corrected chi connectivity index (χ0v) is 10.7. The number of rotatable bonds is 5. The Labute approximate surface area is 106 Å². The molecule has 94 valence electrons. The Hall–Kier alpha value is -0.910. The molecule has 1 fully saturated rings. The van der Waals surface area contributed by atoms with Crippen molar-refractivity contribution in [3.63, 3.8) is 0 Å². The van der Waals surface area contributed by atoms with E-state index in [0.29, 0.717) is 12.6 Å².